The number of fused-ring (bicyclic) bond motifs is 2. The van der Waals surface area contributed by atoms with Gasteiger partial charge in [0.1, 0.15) is 11.5 Å². The summed E-state index contributed by atoms with van der Waals surface area (Å²) in [5.41, 5.74) is 4.95. The number of hydrogen-bond donors (Lipinski definition) is 1. The van der Waals surface area contributed by atoms with Gasteiger partial charge in [-0.1, -0.05) is 66.7 Å². The van der Waals surface area contributed by atoms with Gasteiger partial charge in [0.25, 0.3) is 5.91 Å². The Morgan fingerprint density at radius 1 is 0.800 bits per heavy atom. The van der Waals surface area contributed by atoms with Crippen LogP contribution in [0.2, 0.25) is 0 Å². The zero-order chi connectivity index (χ0) is 27.3. The number of carbonyl (C=O) groups is 2. The van der Waals surface area contributed by atoms with Crippen LogP contribution < -0.4 is 10.1 Å². The lowest BCUT2D eigenvalue weighted by Gasteiger charge is -2.26. The van der Waals surface area contributed by atoms with Crippen molar-refractivity contribution in [1.29, 1.82) is 0 Å². The molecule has 0 bridgehead atoms. The van der Waals surface area contributed by atoms with Crippen molar-refractivity contribution in [3.8, 4) is 11.5 Å². The van der Waals surface area contributed by atoms with Crippen molar-refractivity contribution in [2.75, 3.05) is 11.9 Å². The Kier molecular flexibility index (Phi) is 7.22. The summed E-state index contributed by atoms with van der Waals surface area (Å²) in [5, 5.41) is 3.53. The van der Waals surface area contributed by atoms with Gasteiger partial charge in [-0.15, -0.1) is 0 Å². The highest BCUT2D eigenvalue weighted by molar-refractivity contribution is 6.06. The zero-order valence-electron chi connectivity index (χ0n) is 21.9. The topological polar surface area (TPSA) is 77.5 Å². The van der Waals surface area contributed by atoms with Crippen LogP contribution >= 0.6 is 0 Å². The molecule has 0 saturated carbocycles. The molecule has 1 atom stereocenters. The molecule has 6 rings (SSSR count). The number of carbonyl (C=O) groups excluding carboxylic acids is 2. The van der Waals surface area contributed by atoms with Crippen molar-refractivity contribution in [1.82, 2.24) is 4.98 Å². The predicted molar refractivity (Wildman–Crippen MR) is 155 cm³/mol. The second kappa shape index (κ2) is 11.4. The van der Waals surface area contributed by atoms with Gasteiger partial charge in [-0.3, -0.25) is 9.78 Å². The fourth-order valence-electron chi connectivity index (χ4n) is 5.26. The molecule has 0 aliphatic heterocycles. The summed E-state index contributed by atoms with van der Waals surface area (Å²) in [5.74, 6) is 0.746. The van der Waals surface area contributed by atoms with Crippen LogP contribution in [-0.4, -0.2) is 23.5 Å². The van der Waals surface area contributed by atoms with Crippen molar-refractivity contribution in [2.24, 2.45) is 0 Å². The molecule has 6 nitrogen and oxygen atoms in total. The molecule has 1 amide bonds. The van der Waals surface area contributed by atoms with Crippen LogP contribution in [0, 0.1) is 0 Å². The van der Waals surface area contributed by atoms with E-state index in [1.807, 2.05) is 72.8 Å². The second-order valence-electron chi connectivity index (χ2n) is 9.84. The third kappa shape index (κ3) is 5.57. The average Bonchev–Trinajstić information content (AvgIpc) is 3.00. The van der Waals surface area contributed by atoms with Crippen LogP contribution in [0.5, 0.6) is 11.5 Å². The van der Waals surface area contributed by atoms with E-state index in [0.29, 0.717) is 29.3 Å². The Balaban J connectivity index is 1.16. The number of nitrogens with zero attached hydrogens (tertiary/aromatic N) is 1. The van der Waals surface area contributed by atoms with Crippen molar-refractivity contribution in [3.63, 3.8) is 0 Å². The monoisotopic (exact) mass is 528 g/mol. The number of ether oxygens (including phenoxy) is 2. The lowest BCUT2D eigenvalue weighted by atomic mass is 9.80. The van der Waals surface area contributed by atoms with Gasteiger partial charge in [-0.05, 0) is 78.8 Å². The van der Waals surface area contributed by atoms with Gasteiger partial charge >= 0.3 is 5.97 Å². The number of pyridine rings is 1. The van der Waals surface area contributed by atoms with Gasteiger partial charge in [0.15, 0.2) is 6.61 Å². The Morgan fingerprint density at radius 3 is 2.25 bits per heavy atom. The van der Waals surface area contributed by atoms with Crippen LogP contribution in [0.25, 0.3) is 10.9 Å². The van der Waals surface area contributed by atoms with E-state index in [4.69, 9.17) is 14.5 Å². The largest absolute Gasteiger partial charge is 0.457 e. The lowest BCUT2D eigenvalue weighted by Crippen LogP contribution is -2.23. The molecule has 1 aliphatic carbocycles. The van der Waals surface area contributed by atoms with Crippen LogP contribution in [0.15, 0.2) is 109 Å². The number of amides is 1. The molecule has 1 aromatic heterocycles. The summed E-state index contributed by atoms with van der Waals surface area (Å²) in [4.78, 5) is 31.1. The first-order valence-corrected chi connectivity index (χ1v) is 13.4. The standard InChI is InChI=1S/C34H28N2O4/c37-32(35-25-16-18-27(19-17-25)40-26-11-5-2-6-12-26)22-39-34(38)33-28-13-7-8-14-30(28)36-31-20-15-24(21-29(31)33)23-9-3-1-4-10-23/h1-14,16-19,24H,15,20-22H2,(H,35,37). The third-order valence-electron chi connectivity index (χ3n) is 7.19. The number of hydrogen-bond acceptors (Lipinski definition) is 5. The van der Waals surface area contributed by atoms with Gasteiger partial charge in [-0.25, -0.2) is 4.79 Å². The minimum absolute atomic E-state index is 0.292. The number of rotatable bonds is 7. The number of esters is 1. The van der Waals surface area contributed by atoms with Crippen LogP contribution in [0.4, 0.5) is 5.69 Å². The van der Waals surface area contributed by atoms with Crippen LogP contribution in [-0.2, 0) is 22.4 Å². The van der Waals surface area contributed by atoms with Gasteiger partial charge in [0.05, 0.1) is 11.1 Å². The molecule has 4 aromatic carbocycles. The molecule has 0 fully saturated rings. The number of benzene rings is 4. The van der Waals surface area contributed by atoms with E-state index < -0.39 is 18.5 Å². The number of para-hydroxylation sites is 2. The third-order valence-corrected chi connectivity index (χ3v) is 7.19. The molecule has 1 heterocycles. The van der Waals surface area contributed by atoms with E-state index >= 15 is 0 Å². The Bertz CT molecular complexity index is 1650. The van der Waals surface area contributed by atoms with Gasteiger partial charge < -0.3 is 14.8 Å². The number of aromatic nitrogens is 1. The first-order chi connectivity index (χ1) is 19.6. The first-order valence-electron chi connectivity index (χ1n) is 13.4. The molecule has 198 valence electrons. The number of anilines is 1. The quantitative estimate of drug-likeness (QED) is 0.228. The van der Waals surface area contributed by atoms with E-state index in [2.05, 4.69) is 17.4 Å². The summed E-state index contributed by atoms with van der Waals surface area (Å²) in [6, 6.07) is 34.5. The van der Waals surface area contributed by atoms with Crippen molar-refractivity contribution in [3.05, 3.63) is 132 Å². The highest BCUT2D eigenvalue weighted by atomic mass is 16.5. The van der Waals surface area contributed by atoms with E-state index in [0.717, 1.165) is 40.8 Å². The Morgan fingerprint density at radius 2 is 1.48 bits per heavy atom. The van der Waals surface area contributed by atoms with Gasteiger partial charge in [-0.2, -0.15) is 0 Å². The average molecular weight is 529 g/mol. The number of nitrogens with one attached hydrogen (secondary N) is 1. The molecule has 6 heteroatoms. The molecular weight excluding hydrogens is 500 g/mol. The van der Waals surface area contributed by atoms with Crippen molar-refractivity contribution >= 4 is 28.5 Å². The molecule has 1 N–H and O–H groups in total. The van der Waals surface area contributed by atoms with Gasteiger partial charge in [0.2, 0.25) is 0 Å². The highest BCUT2D eigenvalue weighted by Crippen LogP contribution is 2.36. The first kappa shape index (κ1) is 25.3. The summed E-state index contributed by atoms with van der Waals surface area (Å²) in [6.07, 6.45) is 2.45. The molecule has 0 saturated heterocycles. The lowest BCUT2D eigenvalue weighted by molar-refractivity contribution is -0.119. The van der Waals surface area contributed by atoms with E-state index in [1.54, 1.807) is 24.3 Å². The molecule has 1 aliphatic rings. The fourth-order valence-corrected chi connectivity index (χ4v) is 5.26. The van der Waals surface area contributed by atoms with E-state index in [9.17, 15) is 9.59 Å². The minimum atomic E-state index is -0.509. The summed E-state index contributed by atoms with van der Waals surface area (Å²) in [7, 11) is 0. The molecule has 0 spiro atoms. The SMILES string of the molecule is O=C(COC(=O)c1c2c(nc3ccccc13)CCC(c1ccccc1)C2)Nc1ccc(Oc2ccccc2)cc1. The maximum atomic E-state index is 13.5. The second-order valence-corrected chi connectivity index (χ2v) is 9.84. The maximum absolute atomic E-state index is 13.5. The minimum Gasteiger partial charge on any atom is -0.457 e. The zero-order valence-corrected chi connectivity index (χ0v) is 21.9. The Labute approximate surface area is 232 Å². The Hall–Kier alpha value is -4.97. The summed E-state index contributed by atoms with van der Waals surface area (Å²) < 4.78 is 11.4. The molecule has 0 radical (unpaired) electrons. The molecular formula is C34H28N2O4. The van der Waals surface area contributed by atoms with E-state index in [-0.39, 0.29) is 0 Å². The van der Waals surface area contributed by atoms with Gasteiger partial charge in [0, 0.05) is 16.8 Å². The predicted octanol–water partition coefficient (Wildman–Crippen LogP) is 7.10. The maximum Gasteiger partial charge on any atom is 0.339 e. The summed E-state index contributed by atoms with van der Waals surface area (Å²) >= 11 is 0. The van der Waals surface area contributed by atoms with Crippen LogP contribution in [0.1, 0.15) is 39.5 Å². The highest BCUT2D eigenvalue weighted by Gasteiger charge is 2.28. The summed E-state index contributed by atoms with van der Waals surface area (Å²) in [6.45, 7) is -0.394. The molecule has 40 heavy (non-hydrogen) atoms. The van der Waals surface area contributed by atoms with E-state index in [1.165, 1.54) is 5.56 Å². The van der Waals surface area contributed by atoms with Crippen LogP contribution in [0.3, 0.4) is 0 Å². The number of aryl methyl sites for hydroxylation is 1. The molecule has 5 aromatic rings. The smallest absolute Gasteiger partial charge is 0.339 e. The normalized spacial score (nSPS) is 14.2. The molecule has 1 unspecified atom stereocenters. The fraction of sp³-hybridized carbons (Fsp3) is 0.147. The van der Waals surface area contributed by atoms with Crippen molar-refractivity contribution in [2.45, 2.75) is 25.2 Å². The van der Waals surface area contributed by atoms with Crippen molar-refractivity contribution < 1.29 is 19.1 Å².